The van der Waals surface area contributed by atoms with Crippen molar-refractivity contribution >= 4 is 15.7 Å². The molecular formula is C15H22N2O3S. The summed E-state index contributed by atoms with van der Waals surface area (Å²) in [6.45, 7) is 3.45. The summed E-state index contributed by atoms with van der Waals surface area (Å²) in [5.74, 6) is 0.574. The van der Waals surface area contributed by atoms with E-state index in [0.29, 0.717) is 17.4 Å². The van der Waals surface area contributed by atoms with Crippen LogP contribution in [0.3, 0.4) is 0 Å². The van der Waals surface area contributed by atoms with Crippen molar-refractivity contribution in [2.24, 2.45) is 5.92 Å². The molecule has 1 aliphatic rings. The Hall–Kier alpha value is -1.40. The molecule has 6 heteroatoms. The van der Waals surface area contributed by atoms with Crippen LogP contribution in [-0.2, 0) is 21.2 Å². The summed E-state index contributed by atoms with van der Waals surface area (Å²) in [5, 5.41) is 6.12. The van der Waals surface area contributed by atoms with Crippen LogP contribution in [0.25, 0.3) is 0 Å². The van der Waals surface area contributed by atoms with Crippen molar-refractivity contribution in [3.8, 4) is 0 Å². The zero-order chi connectivity index (χ0) is 15.5. The van der Waals surface area contributed by atoms with Crippen LogP contribution in [-0.4, -0.2) is 33.2 Å². The first-order valence-electron chi connectivity index (χ1n) is 7.16. The number of carbonyl (C=O) groups excluding carboxylic acids is 1. The number of rotatable bonds is 4. The van der Waals surface area contributed by atoms with E-state index >= 15 is 0 Å². The van der Waals surface area contributed by atoms with Crippen LogP contribution in [0.15, 0.2) is 29.2 Å². The van der Waals surface area contributed by atoms with Crippen LogP contribution >= 0.6 is 0 Å². The van der Waals surface area contributed by atoms with E-state index in [1.54, 1.807) is 24.3 Å². The Morgan fingerprint density at radius 3 is 2.57 bits per heavy atom. The second-order valence-corrected chi connectivity index (χ2v) is 7.79. The molecule has 116 valence electrons. The average molecular weight is 310 g/mol. The second-order valence-electron chi connectivity index (χ2n) is 5.77. The Morgan fingerprint density at radius 1 is 1.33 bits per heavy atom. The van der Waals surface area contributed by atoms with Crippen LogP contribution in [0.5, 0.6) is 0 Å². The van der Waals surface area contributed by atoms with Crippen molar-refractivity contribution in [2.75, 3.05) is 12.8 Å². The number of nitrogens with one attached hydrogen (secondary N) is 2. The number of hydrogen-bond donors (Lipinski definition) is 2. The summed E-state index contributed by atoms with van der Waals surface area (Å²) in [6.07, 6.45) is 3.15. The fourth-order valence-electron chi connectivity index (χ4n) is 2.47. The zero-order valence-corrected chi connectivity index (χ0v) is 13.2. The van der Waals surface area contributed by atoms with Crippen molar-refractivity contribution in [2.45, 2.75) is 37.2 Å². The molecule has 5 nitrogen and oxygen atoms in total. The highest BCUT2D eigenvalue weighted by Crippen LogP contribution is 2.15. The predicted molar refractivity (Wildman–Crippen MR) is 81.6 cm³/mol. The van der Waals surface area contributed by atoms with E-state index in [1.807, 2.05) is 0 Å². The topological polar surface area (TPSA) is 75.3 Å². The number of amides is 1. The molecule has 1 aromatic rings. The van der Waals surface area contributed by atoms with E-state index in [4.69, 9.17) is 0 Å². The molecule has 2 N–H and O–H groups in total. The molecule has 2 rings (SSSR count). The highest BCUT2D eigenvalue weighted by Gasteiger charge is 2.24. The third-order valence-corrected chi connectivity index (χ3v) is 4.93. The molecule has 2 atom stereocenters. The molecule has 0 aliphatic carbocycles. The van der Waals surface area contributed by atoms with E-state index < -0.39 is 9.84 Å². The number of carbonyl (C=O) groups is 1. The molecule has 0 spiro atoms. The molecule has 1 aromatic carbocycles. The molecule has 0 bridgehead atoms. The molecule has 0 saturated carbocycles. The van der Waals surface area contributed by atoms with Crippen molar-refractivity contribution < 1.29 is 13.2 Å². The van der Waals surface area contributed by atoms with E-state index in [0.717, 1.165) is 24.9 Å². The summed E-state index contributed by atoms with van der Waals surface area (Å²) in [7, 11) is -3.17. The van der Waals surface area contributed by atoms with Gasteiger partial charge in [-0.05, 0) is 43.0 Å². The fourth-order valence-corrected chi connectivity index (χ4v) is 3.10. The van der Waals surface area contributed by atoms with Gasteiger partial charge in [0, 0.05) is 12.8 Å². The number of piperidine rings is 1. The smallest absolute Gasteiger partial charge is 0.237 e. The Labute approximate surface area is 126 Å². The third-order valence-electron chi connectivity index (χ3n) is 3.80. The van der Waals surface area contributed by atoms with E-state index in [2.05, 4.69) is 17.6 Å². The lowest BCUT2D eigenvalue weighted by molar-refractivity contribution is -0.124. The van der Waals surface area contributed by atoms with Crippen molar-refractivity contribution in [1.29, 1.82) is 0 Å². The summed E-state index contributed by atoms with van der Waals surface area (Å²) < 4.78 is 22.7. The molecule has 0 aromatic heterocycles. The fraction of sp³-hybridized carbons (Fsp3) is 0.533. The van der Waals surface area contributed by atoms with Gasteiger partial charge < -0.3 is 10.6 Å². The first-order chi connectivity index (χ1) is 9.86. The lowest BCUT2D eigenvalue weighted by Gasteiger charge is -2.27. The maximum Gasteiger partial charge on any atom is 0.237 e. The Balaban J connectivity index is 1.89. The van der Waals surface area contributed by atoms with Crippen molar-refractivity contribution in [3.63, 3.8) is 0 Å². The van der Waals surface area contributed by atoms with Gasteiger partial charge in [0.25, 0.3) is 0 Å². The summed E-state index contributed by atoms with van der Waals surface area (Å²) in [4.78, 5) is 12.4. The highest BCUT2D eigenvalue weighted by molar-refractivity contribution is 7.90. The molecule has 1 saturated heterocycles. The lowest BCUT2D eigenvalue weighted by atomic mass is 9.94. The highest BCUT2D eigenvalue weighted by atomic mass is 32.2. The minimum Gasteiger partial charge on any atom is -0.351 e. The third kappa shape index (κ3) is 4.54. The summed E-state index contributed by atoms with van der Waals surface area (Å²) >= 11 is 0. The van der Waals surface area contributed by atoms with Crippen LogP contribution in [0.2, 0.25) is 0 Å². The van der Waals surface area contributed by atoms with Gasteiger partial charge in [-0.25, -0.2) is 8.42 Å². The predicted octanol–water partition coefficient (Wildman–Crippen LogP) is 1.09. The first kappa shape index (κ1) is 16.0. The van der Waals surface area contributed by atoms with Gasteiger partial charge in [0.1, 0.15) is 0 Å². The van der Waals surface area contributed by atoms with Crippen LogP contribution in [0.1, 0.15) is 25.3 Å². The molecule has 1 heterocycles. The van der Waals surface area contributed by atoms with Crippen molar-refractivity contribution in [1.82, 2.24) is 10.6 Å². The maximum absolute atomic E-state index is 12.1. The maximum atomic E-state index is 12.1. The SMILES string of the molecule is CC1CCNC(C(=O)NCc2ccc(S(C)(=O)=O)cc2)C1. The van der Waals surface area contributed by atoms with Gasteiger partial charge >= 0.3 is 0 Å². The van der Waals surface area contributed by atoms with Gasteiger partial charge in [0.2, 0.25) is 5.91 Å². The number of hydrogen-bond acceptors (Lipinski definition) is 4. The van der Waals surface area contributed by atoms with Gasteiger partial charge in [0.05, 0.1) is 10.9 Å². The zero-order valence-electron chi connectivity index (χ0n) is 12.4. The molecule has 1 amide bonds. The lowest BCUT2D eigenvalue weighted by Crippen LogP contribution is -2.48. The van der Waals surface area contributed by atoms with Gasteiger partial charge in [-0.1, -0.05) is 19.1 Å². The second kappa shape index (κ2) is 6.58. The normalized spacial score (nSPS) is 22.8. The van der Waals surface area contributed by atoms with Gasteiger partial charge in [-0.15, -0.1) is 0 Å². The number of benzene rings is 1. The minimum atomic E-state index is -3.17. The molecule has 1 aliphatic heterocycles. The van der Waals surface area contributed by atoms with Gasteiger partial charge in [0.15, 0.2) is 9.84 Å². The van der Waals surface area contributed by atoms with Gasteiger partial charge in [-0.3, -0.25) is 4.79 Å². The first-order valence-corrected chi connectivity index (χ1v) is 9.05. The summed E-state index contributed by atoms with van der Waals surface area (Å²) in [5.41, 5.74) is 0.889. The standard InChI is InChI=1S/C15H22N2O3S/c1-11-7-8-16-14(9-11)15(18)17-10-12-3-5-13(6-4-12)21(2,19)20/h3-6,11,14,16H,7-10H2,1-2H3,(H,17,18). The Bertz CT molecular complexity index is 596. The van der Waals surface area contributed by atoms with Crippen LogP contribution in [0, 0.1) is 5.92 Å². The van der Waals surface area contributed by atoms with Crippen LogP contribution in [0.4, 0.5) is 0 Å². The quantitative estimate of drug-likeness (QED) is 0.873. The van der Waals surface area contributed by atoms with Crippen molar-refractivity contribution in [3.05, 3.63) is 29.8 Å². The van der Waals surface area contributed by atoms with E-state index in [1.165, 1.54) is 6.26 Å². The Morgan fingerprint density at radius 2 is 2.00 bits per heavy atom. The average Bonchev–Trinajstić information content (AvgIpc) is 2.44. The minimum absolute atomic E-state index is 0.00809. The molecule has 0 radical (unpaired) electrons. The molecule has 1 fully saturated rings. The Kier molecular flexibility index (Phi) is 5.00. The molecular weight excluding hydrogens is 288 g/mol. The number of sulfone groups is 1. The molecule has 2 unspecified atom stereocenters. The largest absolute Gasteiger partial charge is 0.351 e. The molecule has 21 heavy (non-hydrogen) atoms. The van der Waals surface area contributed by atoms with E-state index in [9.17, 15) is 13.2 Å². The monoisotopic (exact) mass is 310 g/mol. The van der Waals surface area contributed by atoms with E-state index in [-0.39, 0.29) is 11.9 Å². The summed E-state index contributed by atoms with van der Waals surface area (Å²) in [6, 6.07) is 6.47. The van der Waals surface area contributed by atoms with Gasteiger partial charge in [-0.2, -0.15) is 0 Å². The van der Waals surface area contributed by atoms with Crippen LogP contribution < -0.4 is 10.6 Å².